The molecule has 1 heterocycles. The number of amides is 3. The van der Waals surface area contributed by atoms with Crippen LogP contribution in [0, 0.1) is 11.3 Å². The van der Waals surface area contributed by atoms with Gasteiger partial charge in [0.1, 0.15) is 12.1 Å². The molecule has 1 aliphatic heterocycles. The van der Waals surface area contributed by atoms with Gasteiger partial charge in [0, 0.05) is 0 Å². The summed E-state index contributed by atoms with van der Waals surface area (Å²) >= 11 is 0. The highest BCUT2D eigenvalue weighted by Gasteiger charge is 2.41. The Bertz CT molecular complexity index is 989. The van der Waals surface area contributed by atoms with Gasteiger partial charge in [-0.2, -0.15) is 5.26 Å². The number of hydrogen-bond acceptors (Lipinski definition) is 6. The second kappa shape index (κ2) is 7.72. The van der Waals surface area contributed by atoms with Crippen LogP contribution in [0.5, 0.6) is 0 Å². The molecule has 1 aliphatic rings. The van der Waals surface area contributed by atoms with E-state index in [1.807, 2.05) is 6.07 Å². The lowest BCUT2D eigenvalue weighted by Crippen LogP contribution is -2.44. The van der Waals surface area contributed by atoms with Crippen molar-refractivity contribution < 1.29 is 23.9 Å². The second-order valence-corrected chi connectivity index (χ2v) is 6.02. The number of ether oxygens (including phenoxy) is 1. The standard InChI is InChI=1S/C20H15N3O5/c1-12(23-18(25)14-7-3-4-8-15(14)19(23)26)20(27)28-11-17(24)22-16-9-5-2-6-13(16)10-21/h2-9,12H,11H2,1H3,(H,22,24)/t12-/m1/s1. The predicted molar refractivity (Wildman–Crippen MR) is 97.1 cm³/mol. The molecule has 0 bridgehead atoms. The zero-order valence-corrected chi connectivity index (χ0v) is 14.8. The van der Waals surface area contributed by atoms with Gasteiger partial charge in [-0.3, -0.25) is 19.3 Å². The van der Waals surface area contributed by atoms with E-state index < -0.39 is 36.3 Å². The molecule has 0 saturated heterocycles. The van der Waals surface area contributed by atoms with E-state index in [0.717, 1.165) is 4.90 Å². The summed E-state index contributed by atoms with van der Waals surface area (Å²) in [7, 11) is 0. The lowest BCUT2D eigenvalue weighted by Gasteiger charge is -2.20. The maximum atomic E-state index is 12.4. The van der Waals surface area contributed by atoms with Crippen LogP contribution in [0.3, 0.4) is 0 Å². The number of nitrogens with zero attached hydrogens (tertiary/aromatic N) is 2. The van der Waals surface area contributed by atoms with Crippen LogP contribution < -0.4 is 5.32 Å². The summed E-state index contributed by atoms with van der Waals surface area (Å²) in [4.78, 5) is 49.8. The summed E-state index contributed by atoms with van der Waals surface area (Å²) in [6.45, 7) is 0.735. The first kappa shape index (κ1) is 18.8. The molecule has 0 saturated carbocycles. The van der Waals surface area contributed by atoms with Crippen molar-refractivity contribution in [2.24, 2.45) is 0 Å². The van der Waals surface area contributed by atoms with Crippen molar-refractivity contribution in [1.82, 2.24) is 4.90 Å². The van der Waals surface area contributed by atoms with E-state index in [9.17, 15) is 19.2 Å². The number of imide groups is 1. The number of para-hydroxylation sites is 1. The van der Waals surface area contributed by atoms with Crippen LogP contribution in [-0.2, 0) is 14.3 Å². The largest absolute Gasteiger partial charge is 0.454 e. The van der Waals surface area contributed by atoms with Gasteiger partial charge in [-0.05, 0) is 31.2 Å². The molecule has 0 aromatic heterocycles. The van der Waals surface area contributed by atoms with Gasteiger partial charge >= 0.3 is 5.97 Å². The fourth-order valence-corrected chi connectivity index (χ4v) is 2.80. The summed E-state index contributed by atoms with van der Waals surface area (Å²) in [5, 5.41) is 11.5. The summed E-state index contributed by atoms with van der Waals surface area (Å²) < 4.78 is 4.94. The van der Waals surface area contributed by atoms with Gasteiger partial charge < -0.3 is 10.1 Å². The Balaban J connectivity index is 1.61. The number of nitriles is 1. The Morgan fingerprint density at radius 3 is 2.25 bits per heavy atom. The van der Waals surface area contributed by atoms with Crippen molar-refractivity contribution in [3.8, 4) is 6.07 Å². The van der Waals surface area contributed by atoms with Gasteiger partial charge in [0.25, 0.3) is 17.7 Å². The van der Waals surface area contributed by atoms with Gasteiger partial charge in [0.2, 0.25) is 0 Å². The molecule has 140 valence electrons. The monoisotopic (exact) mass is 377 g/mol. The number of carbonyl (C=O) groups is 4. The first-order valence-electron chi connectivity index (χ1n) is 8.36. The number of nitrogens with one attached hydrogen (secondary N) is 1. The summed E-state index contributed by atoms with van der Waals surface area (Å²) in [5.74, 6) is -2.71. The molecule has 1 atom stereocenters. The highest BCUT2D eigenvalue weighted by atomic mass is 16.5. The Morgan fingerprint density at radius 2 is 1.64 bits per heavy atom. The Labute approximate surface area is 160 Å². The van der Waals surface area contributed by atoms with Crippen molar-refractivity contribution in [3.05, 3.63) is 65.2 Å². The number of fused-ring (bicyclic) bond motifs is 1. The average Bonchev–Trinajstić information content (AvgIpc) is 2.96. The van der Waals surface area contributed by atoms with Crippen LogP contribution >= 0.6 is 0 Å². The molecule has 1 N–H and O–H groups in total. The van der Waals surface area contributed by atoms with Gasteiger partial charge in [-0.15, -0.1) is 0 Å². The lowest BCUT2D eigenvalue weighted by atomic mass is 10.1. The first-order valence-corrected chi connectivity index (χ1v) is 8.36. The van der Waals surface area contributed by atoms with Crippen molar-refractivity contribution in [2.45, 2.75) is 13.0 Å². The van der Waals surface area contributed by atoms with Crippen LogP contribution in [0.1, 0.15) is 33.2 Å². The van der Waals surface area contributed by atoms with Gasteiger partial charge in [-0.25, -0.2) is 4.79 Å². The zero-order valence-electron chi connectivity index (χ0n) is 14.8. The molecule has 0 aliphatic carbocycles. The predicted octanol–water partition coefficient (Wildman–Crippen LogP) is 1.72. The number of anilines is 1. The quantitative estimate of drug-likeness (QED) is 0.626. The van der Waals surface area contributed by atoms with Gasteiger partial charge in [0.15, 0.2) is 6.61 Å². The molecule has 0 radical (unpaired) electrons. The van der Waals surface area contributed by atoms with Gasteiger partial charge in [0.05, 0.1) is 22.4 Å². The third-order valence-corrected chi connectivity index (χ3v) is 4.22. The molecule has 0 unspecified atom stereocenters. The highest BCUT2D eigenvalue weighted by Crippen LogP contribution is 2.24. The van der Waals surface area contributed by atoms with E-state index >= 15 is 0 Å². The molecule has 3 rings (SSSR count). The number of esters is 1. The number of hydrogen-bond donors (Lipinski definition) is 1. The zero-order chi connectivity index (χ0) is 20.3. The molecule has 8 nitrogen and oxygen atoms in total. The summed E-state index contributed by atoms with van der Waals surface area (Å²) in [5.41, 5.74) is 0.997. The normalized spacial score (nSPS) is 13.5. The van der Waals surface area contributed by atoms with Crippen LogP contribution in [0.25, 0.3) is 0 Å². The molecule has 28 heavy (non-hydrogen) atoms. The maximum absolute atomic E-state index is 12.4. The van der Waals surface area contributed by atoms with Crippen molar-refractivity contribution in [2.75, 3.05) is 11.9 Å². The minimum absolute atomic E-state index is 0.220. The van der Waals surface area contributed by atoms with Crippen LogP contribution in [0.2, 0.25) is 0 Å². The van der Waals surface area contributed by atoms with Crippen molar-refractivity contribution >= 4 is 29.4 Å². The molecule has 3 amide bonds. The summed E-state index contributed by atoms with van der Waals surface area (Å²) in [6.07, 6.45) is 0. The second-order valence-electron chi connectivity index (χ2n) is 6.02. The highest BCUT2D eigenvalue weighted by molar-refractivity contribution is 6.22. The van der Waals surface area contributed by atoms with E-state index in [2.05, 4.69) is 5.32 Å². The minimum atomic E-state index is -1.19. The van der Waals surface area contributed by atoms with E-state index in [0.29, 0.717) is 5.69 Å². The molecule has 0 fully saturated rings. The number of rotatable bonds is 5. The van der Waals surface area contributed by atoms with Crippen LogP contribution in [0.4, 0.5) is 5.69 Å². The van der Waals surface area contributed by atoms with E-state index in [4.69, 9.17) is 10.00 Å². The molecule has 2 aromatic rings. The molecule has 8 heteroatoms. The molecular weight excluding hydrogens is 362 g/mol. The summed E-state index contributed by atoms with van der Waals surface area (Å²) in [6, 6.07) is 13.4. The van der Waals surface area contributed by atoms with E-state index in [1.165, 1.54) is 25.1 Å². The molecule has 2 aromatic carbocycles. The number of carbonyl (C=O) groups excluding carboxylic acids is 4. The Morgan fingerprint density at radius 1 is 1.07 bits per heavy atom. The van der Waals surface area contributed by atoms with Crippen molar-refractivity contribution in [1.29, 1.82) is 5.26 Å². The third kappa shape index (κ3) is 3.46. The topological polar surface area (TPSA) is 117 Å². The van der Waals surface area contributed by atoms with Crippen LogP contribution in [0.15, 0.2) is 48.5 Å². The average molecular weight is 377 g/mol. The fraction of sp³-hybridized carbons (Fsp3) is 0.150. The maximum Gasteiger partial charge on any atom is 0.329 e. The van der Waals surface area contributed by atoms with Crippen LogP contribution in [-0.4, -0.2) is 41.2 Å². The smallest absolute Gasteiger partial charge is 0.329 e. The molecular formula is C20H15N3O5. The Hall–Kier alpha value is -3.99. The van der Waals surface area contributed by atoms with Crippen molar-refractivity contribution in [3.63, 3.8) is 0 Å². The fourth-order valence-electron chi connectivity index (χ4n) is 2.80. The van der Waals surface area contributed by atoms with E-state index in [1.54, 1.807) is 30.3 Å². The molecule has 0 spiro atoms. The number of benzene rings is 2. The minimum Gasteiger partial charge on any atom is -0.454 e. The Kier molecular flexibility index (Phi) is 5.18. The van der Waals surface area contributed by atoms with Gasteiger partial charge in [-0.1, -0.05) is 24.3 Å². The first-order chi connectivity index (χ1) is 13.4. The third-order valence-electron chi connectivity index (χ3n) is 4.22. The lowest BCUT2D eigenvalue weighted by molar-refractivity contribution is -0.150. The van der Waals surface area contributed by atoms with E-state index in [-0.39, 0.29) is 16.7 Å². The SMILES string of the molecule is C[C@H](C(=O)OCC(=O)Nc1ccccc1C#N)N1C(=O)c2ccccc2C1=O.